The number of nitrogens with zero attached hydrogens (tertiary/aromatic N) is 3. The number of anilines is 2. The highest BCUT2D eigenvalue weighted by Crippen LogP contribution is 2.37. The predicted octanol–water partition coefficient (Wildman–Crippen LogP) is 3.73. The van der Waals surface area contributed by atoms with Crippen LogP contribution in [0.1, 0.15) is 39.5 Å². The average molecular weight is 372 g/mol. The van der Waals surface area contributed by atoms with Crippen molar-refractivity contribution in [1.29, 1.82) is 0 Å². The summed E-state index contributed by atoms with van der Waals surface area (Å²) in [5.74, 6) is 2.00. The summed E-state index contributed by atoms with van der Waals surface area (Å²) in [7, 11) is 0. The van der Waals surface area contributed by atoms with Gasteiger partial charge >= 0.3 is 0 Å². The number of amides is 1. The van der Waals surface area contributed by atoms with E-state index >= 15 is 0 Å². The van der Waals surface area contributed by atoms with Gasteiger partial charge in [-0.15, -0.1) is 12.3 Å². The van der Waals surface area contributed by atoms with Crippen molar-refractivity contribution < 1.29 is 13.9 Å². The molecular formula is C20H25FN4O2. The van der Waals surface area contributed by atoms with E-state index in [-0.39, 0.29) is 30.4 Å². The second-order valence-electron chi connectivity index (χ2n) is 7.30. The van der Waals surface area contributed by atoms with Gasteiger partial charge in [0.2, 0.25) is 5.91 Å². The van der Waals surface area contributed by atoms with Crippen LogP contribution in [0.5, 0.6) is 0 Å². The van der Waals surface area contributed by atoms with E-state index in [1.807, 2.05) is 13.8 Å². The van der Waals surface area contributed by atoms with Gasteiger partial charge in [-0.3, -0.25) is 4.79 Å². The lowest BCUT2D eigenvalue weighted by Crippen LogP contribution is -2.45. The second kappa shape index (κ2) is 8.05. The van der Waals surface area contributed by atoms with Crippen LogP contribution in [0, 0.1) is 18.2 Å². The van der Waals surface area contributed by atoms with Crippen LogP contribution in [-0.4, -0.2) is 36.9 Å². The molecule has 0 aromatic heterocycles. The SMILES string of the molecule is C#CCCC1(CCC(=O)Nc2cc(F)cc(N3C[C@@H](C)O[C@@H](C)C3)c2)N=N1. The van der Waals surface area contributed by atoms with E-state index in [4.69, 9.17) is 11.2 Å². The van der Waals surface area contributed by atoms with Crippen LogP contribution in [0.3, 0.4) is 0 Å². The molecule has 0 radical (unpaired) electrons. The lowest BCUT2D eigenvalue weighted by molar-refractivity contribution is -0.116. The third-order valence-electron chi connectivity index (χ3n) is 4.76. The highest BCUT2D eigenvalue weighted by Gasteiger charge is 2.39. The molecular weight excluding hydrogens is 347 g/mol. The maximum Gasteiger partial charge on any atom is 0.224 e. The van der Waals surface area contributed by atoms with Gasteiger partial charge in [-0.05, 0) is 32.0 Å². The van der Waals surface area contributed by atoms with Crippen molar-refractivity contribution in [2.75, 3.05) is 23.3 Å². The lowest BCUT2D eigenvalue weighted by Gasteiger charge is -2.37. The molecule has 1 fully saturated rings. The summed E-state index contributed by atoms with van der Waals surface area (Å²) in [5.41, 5.74) is 0.700. The molecule has 0 spiro atoms. The molecule has 1 amide bonds. The van der Waals surface area contributed by atoms with Crippen molar-refractivity contribution in [3.05, 3.63) is 24.0 Å². The molecule has 27 heavy (non-hydrogen) atoms. The van der Waals surface area contributed by atoms with Crippen LogP contribution in [0.15, 0.2) is 28.4 Å². The maximum atomic E-state index is 14.1. The molecule has 0 saturated carbocycles. The molecule has 0 aliphatic carbocycles. The first-order valence-corrected chi connectivity index (χ1v) is 9.27. The molecule has 144 valence electrons. The molecule has 7 heteroatoms. The molecule has 2 heterocycles. The Kier molecular flexibility index (Phi) is 5.76. The molecule has 2 aliphatic heterocycles. The van der Waals surface area contributed by atoms with Gasteiger partial charge in [-0.2, -0.15) is 10.2 Å². The number of carbonyl (C=O) groups is 1. The van der Waals surface area contributed by atoms with Crippen molar-refractivity contribution >= 4 is 17.3 Å². The Bertz CT molecular complexity index is 758. The van der Waals surface area contributed by atoms with Crippen molar-refractivity contribution in [2.24, 2.45) is 10.2 Å². The minimum Gasteiger partial charge on any atom is -0.372 e. The summed E-state index contributed by atoms with van der Waals surface area (Å²) in [6.07, 6.45) is 7.42. The molecule has 0 bridgehead atoms. The Balaban J connectivity index is 1.59. The van der Waals surface area contributed by atoms with Crippen LogP contribution >= 0.6 is 0 Å². The standard InChI is InChI=1S/C20H25FN4O2/c1-4-5-7-20(23-24-20)8-6-19(26)22-17-9-16(21)10-18(11-17)25-12-14(2)27-15(3)13-25/h1,9-11,14-15H,5-8,12-13H2,2-3H3,(H,22,26)/t14-,15+. The second-order valence-corrected chi connectivity index (χ2v) is 7.30. The van der Waals surface area contributed by atoms with Gasteiger partial charge in [0.25, 0.3) is 0 Å². The number of ether oxygens (including phenoxy) is 1. The van der Waals surface area contributed by atoms with Crippen LogP contribution in [0.4, 0.5) is 15.8 Å². The number of hydrogen-bond donors (Lipinski definition) is 1. The lowest BCUT2D eigenvalue weighted by atomic mass is 10.0. The summed E-state index contributed by atoms with van der Waals surface area (Å²) in [4.78, 5) is 14.4. The molecule has 0 unspecified atom stereocenters. The Morgan fingerprint density at radius 2 is 2.04 bits per heavy atom. The van der Waals surface area contributed by atoms with Gasteiger partial charge in [0.1, 0.15) is 5.82 Å². The largest absolute Gasteiger partial charge is 0.372 e. The van der Waals surface area contributed by atoms with Gasteiger partial charge in [-0.25, -0.2) is 4.39 Å². The van der Waals surface area contributed by atoms with Gasteiger partial charge in [0, 0.05) is 50.1 Å². The highest BCUT2D eigenvalue weighted by atomic mass is 19.1. The zero-order valence-corrected chi connectivity index (χ0v) is 15.7. The molecule has 1 saturated heterocycles. The zero-order valence-electron chi connectivity index (χ0n) is 15.7. The molecule has 1 N–H and O–H groups in total. The fourth-order valence-corrected chi connectivity index (χ4v) is 3.42. The number of carbonyl (C=O) groups excluding carboxylic acids is 1. The zero-order chi connectivity index (χ0) is 19.4. The summed E-state index contributed by atoms with van der Waals surface area (Å²) < 4.78 is 19.8. The van der Waals surface area contributed by atoms with Crippen molar-refractivity contribution in [1.82, 2.24) is 0 Å². The third-order valence-corrected chi connectivity index (χ3v) is 4.76. The van der Waals surface area contributed by atoms with Crippen molar-refractivity contribution in [3.63, 3.8) is 0 Å². The fraction of sp³-hybridized carbons (Fsp3) is 0.550. The monoisotopic (exact) mass is 372 g/mol. The topological polar surface area (TPSA) is 66.3 Å². The maximum absolute atomic E-state index is 14.1. The summed E-state index contributed by atoms with van der Waals surface area (Å²) in [6, 6.07) is 4.61. The normalized spacial score (nSPS) is 23.0. The number of hydrogen-bond acceptors (Lipinski definition) is 5. The molecule has 1 aromatic carbocycles. The number of morpholine rings is 1. The first-order chi connectivity index (χ1) is 12.9. The Morgan fingerprint density at radius 1 is 1.33 bits per heavy atom. The van der Waals surface area contributed by atoms with E-state index in [2.05, 4.69) is 26.4 Å². The van der Waals surface area contributed by atoms with Gasteiger partial charge < -0.3 is 15.0 Å². The summed E-state index contributed by atoms with van der Waals surface area (Å²) in [5, 5.41) is 10.8. The Morgan fingerprint density at radius 3 is 2.67 bits per heavy atom. The summed E-state index contributed by atoms with van der Waals surface area (Å²) in [6.45, 7) is 5.35. The number of nitrogens with one attached hydrogen (secondary N) is 1. The average Bonchev–Trinajstić information content (AvgIpc) is 3.37. The number of terminal acetylenes is 1. The van der Waals surface area contributed by atoms with Gasteiger partial charge in [0.05, 0.1) is 12.2 Å². The first-order valence-electron chi connectivity index (χ1n) is 9.27. The van der Waals surface area contributed by atoms with Crippen LogP contribution in [0.2, 0.25) is 0 Å². The fourth-order valence-electron chi connectivity index (χ4n) is 3.42. The first kappa shape index (κ1) is 19.3. The number of benzene rings is 1. The van der Waals surface area contributed by atoms with E-state index in [9.17, 15) is 9.18 Å². The molecule has 6 nitrogen and oxygen atoms in total. The van der Waals surface area contributed by atoms with E-state index in [1.165, 1.54) is 12.1 Å². The number of halogens is 1. The summed E-state index contributed by atoms with van der Waals surface area (Å²) >= 11 is 0. The third kappa shape index (κ3) is 5.27. The van der Waals surface area contributed by atoms with Crippen LogP contribution < -0.4 is 10.2 Å². The van der Waals surface area contributed by atoms with Crippen LogP contribution in [0.25, 0.3) is 0 Å². The van der Waals surface area contributed by atoms with Crippen molar-refractivity contribution in [3.8, 4) is 12.3 Å². The number of rotatable bonds is 7. The predicted molar refractivity (Wildman–Crippen MR) is 102 cm³/mol. The Hall–Kier alpha value is -2.46. The Labute approximate surface area is 159 Å². The van der Waals surface area contributed by atoms with Gasteiger partial charge in [0.15, 0.2) is 5.66 Å². The van der Waals surface area contributed by atoms with E-state index < -0.39 is 5.66 Å². The van der Waals surface area contributed by atoms with Crippen LogP contribution in [-0.2, 0) is 9.53 Å². The van der Waals surface area contributed by atoms with E-state index in [0.717, 1.165) is 5.69 Å². The minimum atomic E-state index is -0.489. The van der Waals surface area contributed by atoms with E-state index in [0.29, 0.717) is 38.0 Å². The van der Waals surface area contributed by atoms with Crippen molar-refractivity contribution in [2.45, 2.75) is 57.4 Å². The molecule has 2 aliphatic rings. The van der Waals surface area contributed by atoms with E-state index in [1.54, 1.807) is 6.07 Å². The molecule has 2 atom stereocenters. The minimum absolute atomic E-state index is 0.0697. The smallest absolute Gasteiger partial charge is 0.224 e. The molecule has 3 rings (SSSR count). The van der Waals surface area contributed by atoms with Gasteiger partial charge in [-0.1, -0.05) is 0 Å². The quantitative estimate of drug-likeness (QED) is 0.742. The molecule has 1 aromatic rings. The highest BCUT2D eigenvalue weighted by molar-refractivity contribution is 5.91.